The Hall–Kier alpha value is -0.950. The minimum atomic E-state index is -4.76. The lowest BCUT2D eigenvalue weighted by molar-refractivity contribution is 0.0702. The van der Waals surface area contributed by atoms with Crippen LogP contribution in [0.2, 0.25) is 0 Å². The first kappa shape index (κ1) is 9.14. The zero-order valence-corrected chi connectivity index (χ0v) is 7.15. The minimum absolute atomic E-state index is 0.203. The fourth-order valence-corrected chi connectivity index (χ4v) is 2.04. The Balaban J connectivity index is 3.17. The molecule has 66 valence electrons. The molecule has 0 saturated carbocycles. The van der Waals surface area contributed by atoms with E-state index in [9.17, 15) is 17.1 Å². The molecule has 0 radical (unpaired) electrons. The number of hydrogen-bond acceptors (Lipinski definition) is 4. The van der Waals surface area contributed by atoms with E-state index in [2.05, 4.69) is 0 Å². The van der Waals surface area contributed by atoms with Crippen LogP contribution in [0.15, 0.2) is 16.3 Å². The molecule has 0 aliphatic rings. The summed E-state index contributed by atoms with van der Waals surface area (Å²) in [5.41, 5.74) is 0. The van der Waals surface area contributed by atoms with E-state index < -0.39 is 20.4 Å². The van der Waals surface area contributed by atoms with Gasteiger partial charge in [-0.2, -0.15) is 8.42 Å². The highest BCUT2D eigenvalue weighted by Gasteiger charge is 2.17. The monoisotopic (exact) mass is 210 g/mol. The smallest absolute Gasteiger partial charge is 0.345 e. The molecule has 0 aliphatic heterocycles. The average molecular weight is 210 g/mol. The van der Waals surface area contributed by atoms with Crippen molar-refractivity contribution in [3.63, 3.8) is 0 Å². The molecule has 0 bridgehead atoms. The predicted octanol–water partition coefficient (Wildman–Crippen LogP) is 1.10. The second-order valence-corrected chi connectivity index (χ2v) is 4.52. The molecule has 0 spiro atoms. The molecule has 12 heavy (non-hydrogen) atoms. The molecule has 1 N–H and O–H groups in total. The molecule has 1 rings (SSSR count). The van der Waals surface area contributed by atoms with Gasteiger partial charge in [-0.15, -0.1) is 11.3 Å². The Morgan fingerprint density at radius 2 is 2.08 bits per heavy atom. The highest BCUT2D eigenvalue weighted by Crippen LogP contribution is 2.22. The van der Waals surface area contributed by atoms with Gasteiger partial charge in [0, 0.05) is 0 Å². The molecule has 1 aromatic rings. The van der Waals surface area contributed by atoms with Crippen molar-refractivity contribution in [2.75, 3.05) is 0 Å². The van der Waals surface area contributed by atoms with Crippen LogP contribution >= 0.6 is 11.3 Å². The second-order valence-electron chi connectivity index (χ2n) is 1.86. The number of halogens is 1. The summed E-state index contributed by atoms with van der Waals surface area (Å²) in [5, 5.41) is 8.36. The van der Waals surface area contributed by atoms with Crippen LogP contribution in [0, 0.1) is 0 Å². The third-order valence-corrected chi connectivity index (χ3v) is 3.36. The van der Waals surface area contributed by atoms with Gasteiger partial charge in [-0.05, 0) is 12.1 Å². The minimum Gasteiger partial charge on any atom is -0.477 e. The number of carbonyl (C=O) groups is 1. The molecular weight excluding hydrogens is 207 g/mol. The second kappa shape index (κ2) is 2.83. The van der Waals surface area contributed by atoms with Gasteiger partial charge in [-0.25, -0.2) is 4.79 Å². The summed E-state index contributed by atoms with van der Waals surface area (Å²) in [5.74, 6) is -1.27. The highest BCUT2D eigenvalue weighted by atomic mass is 32.3. The summed E-state index contributed by atoms with van der Waals surface area (Å²) in [6, 6.07) is 1.96. The quantitative estimate of drug-likeness (QED) is 0.742. The first-order valence-electron chi connectivity index (χ1n) is 2.69. The van der Waals surface area contributed by atoms with E-state index in [1.165, 1.54) is 0 Å². The van der Waals surface area contributed by atoms with Crippen molar-refractivity contribution in [3.05, 3.63) is 17.0 Å². The van der Waals surface area contributed by atoms with Crippen molar-refractivity contribution in [3.8, 4) is 0 Å². The summed E-state index contributed by atoms with van der Waals surface area (Å²) in [6.07, 6.45) is 0. The Labute approximate surface area is 71.5 Å². The van der Waals surface area contributed by atoms with Gasteiger partial charge in [0.1, 0.15) is 4.88 Å². The molecule has 0 atom stereocenters. The van der Waals surface area contributed by atoms with Crippen LogP contribution in [-0.4, -0.2) is 19.5 Å². The average Bonchev–Trinajstić information content (AvgIpc) is 2.30. The van der Waals surface area contributed by atoms with Crippen LogP contribution in [-0.2, 0) is 10.2 Å². The highest BCUT2D eigenvalue weighted by molar-refractivity contribution is 7.88. The summed E-state index contributed by atoms with van der Waals surface area (Å²) in [4.78, 5) is 10.0. The molecular formula is C5H3FO4S2. The largest absolute Gasteiger partial charge is 0.477 e. The molecule has 1 aromatic heterocycles. The van der Waals surface area contributed by atoms with Crippen molar-refractivity contribution < 1.29 is 22.2 Å². The number of hydrogen-bond donors (Lipinski definition) is 1. The van der Waals surface area contributed by atoms with Crippen molar-refractivity contribution in [1.82, 2.24) is 0 Å². The Morgan fingerprint density at radius 3 is 2.33 bits per heavy atom. The molecule has 0 fully saturated rings. The standard InChI is InChI=1S/C5H3FO4S2/c6-12(9,10)4-2-1-3(11-4)5(7)8/h1-2H,(H,7,8). The van der Waals surface area contributed by atoms with Gasteiger partial charge in [0.2, 0.25) is 0 Å². The first-order valence-corrected chi connectivity index (χ1v) is 4.89. The SMILES string of the molecule is O=C(O)c1ccc(S(=O)(=O)F)s1. The molecule has 7 heteroatoms. The van der Waals surface area contributed by atoms with Crippen molar-refractivity contribution >= 4 is 27.5 Å². The maximum Gasteiger partial charge on any atom is 0.345 e. The Morgan fingerprint density at radius 1 is 1.50 bits per heavy atom. The van der Waals surface area contributed by atoms with Crippen LogP contribution in [0.25, 0.3) is 0 Å². The Kier molecular flexibility index (Phi) is 2.16. The number of thiophene rings is 1. The van der Waals surface area contributed by atoms with Crippen molar-refractivity contribution in [1.29, 1.82) is 0 Å². The van der Waals surface area contributed by atoms with Crippen molar-refractivity contribution in [2.24, 2.45) is 0 Å². The van der Waals surface area contributed by atoms with E-state index in [-0.39, 0.29) is 4.88 Å². The maximum absolute atomic E-state index is 12.2. The molecule has 4 nitrogen and oxygen atoms in total. The zero-order valence-electron chi connectivity index (χ0n) is 5.52. The number of carboxylic acid groups (broad SMARTS) is 1. The molecule has 1 heterocycles. The predicted molar refractivity (Wildman–Crippen MR) is 39.6 cm³/mol. The van der Waals surface area contributed by atoms with Gasteiger partial charge in [0.05, 0.1) is 0 Å². The van der Waals surface area contributed by atoms with E-state index >= 15 is 0 Å². The normalized spacial score (nSPS) is 11.4. The van der Waals surface area contributed by atoms with E-state index in [4.69, 9.17) is 5.11 Å². The summed E-state index contributed by atoms with van der Waals surface area (Å²) in [6.45, 7) is 0. The summed E-state index contributed by atoms with van der Waals surface area (Å²) in [7, 11) is -4.76. The maximum atomic E-state index is 12.2. The van der Waals surface area contributed by atoms with E-state index in [0.29, 0.717) is 11.3 Å². The lowest BCUT2D eigenvalue weighted by atomic mass is 10.5. The Bertz CT molecular complexity index is 405. The zero-order chi connectivity index (χ0) is 9.35. The molecule has 0 saturated heterocycles. The topological polar surface area (TPSA) is 71.4 Å². The van der Waals surface area contributed by atoms with Gasteiger partial charge in [-0.1, -0.05) is 3.89 Å². The van der Waals surface area contributed by atoms with Gasteiger partial charge < -0.3 is 5.11 Å². The van der Waals surface area contributed by atoms with Crippen LogP contribution in [0.4, 0.5) is 3.89 Å². The number of carboxylic acids is 1. The van der Waals surface area contributed by atoms with Gasteiger partial charge >= 0.3 is 16.2 Å². The number of rotatable bonds is 2. The summed E-state index contributed by atoms with van der Waals surface area (Å²) < 4.78 is 32.0. The van der Waals surface area contributed by atoms with E-state index in [1.807, 2.05) is 0 Å². The lowest BCUT2D eigenvalue weighted by Crippen LogP contribution is -1.90. The van der Waals surface area contributed by atoms with E-state index in [1.54, 1.807) is 0 Å². The molecule has 0 aromatic carbocycles. The third-order valence-electron chi connectivity index (χ3n) is 1.03. The van der Waals surface area contributed by atoms with Crippen LogP contribution in [0.5, 0.6) is 0 Å². The lowest BCUT2D eigenvalue weighted by Gasteiger charge is -1.84. The fourth-order valence-electron chi connectivity index (χ4n) is 0.566. The molecule has 0 unspecified atom stereocenters. The van der Waals surface area contributed by atoms with Gasteiger partial charge in [0.25, 0.3) is 0 Å². The van der Waals surface area contributed by atoms with Crippen LogP contribution < -0.4 is 0 Å². The van der Waals surface area contributed by atoms with E-state index in [0.717, 1.165) is 12.1 Å². The molecule has 0 aliphatic carbocycles. The number of aromatic carboxylic acids is 1. The van der Waals surface area contributed by atoms with Gasteiger partial charge in [-0.3, -0.25) is 0 Å². The third kappa shape index (κ3) is 1.80. The van der Waals surface area contributed by atoms with Gasteiger partial charge in [0.15, 0.2) is 4.21 Å². The summed E-state index contributed by atoms with van der Waals surface area (Å²) >= 11 is 0.385. The fraction of sp³-hybridized carbons (Fsp3) is 0. The van der Waals surface area contributed by atoms with Crippen molar-refractivity contribution in [2.45, 2.75) is 4.21 Å². The van der Waals surface area contributed by atoms with Crippen LogP contribution in [0.1, 0.15) is 9.67 Å². The first-order chi connectivity index (χ1) is 5.41. The molecule has 0 amide bonds. The van der Waals surface area contributed by atoms with Crippen LogP contribution in [0.3, 0.4) is 0 Å².